The van der Waals surface area contributed by atoms with Crippen molar-refractivity contribution in [1.29, 1.82) is 0 Å². The zero-order chi connectivity index (χ0) is 17.4. The zero-order valence-electron chi connectivity index (χ0n) is 14.8. The fraction of sp³-hybridized carbons (Fsp3) is 0.409. The van der Waals surface area contributed by atoms with Gasteiger partial charge in [0.05, 0.1) is 0 Å². The van der Waals surface area contributed by atoms with E-state index in [4.69, 9.17) is 0 Å². The zero-order valence-corrected chi connectivity index (χ0v) is 14.8. The van der Waals surface area contributed by atoms with Crippen molar-refractivity contribution in [3.63, 3.8) is 0 Å². The third-order valence-corrected chi connectivity index (χ3v) is 4.38. The molecule has 0 fully saturated rings. The lowest BCUT2D eigenvalue weighted by Crippen LogP contribution is -1.98. The minimum Gasteiger partial charge on any atom is -0.294 e. The first-order valence-corrected chi connectivity index (χ1v) is 9.07. The minimum atomic E-state index is -0.186. The van der Waals surface area contributed by atoms with Gasteiger partial charge in [0.25, 0.3) is 0 Å². The lowest BCUT2D eigenvalue weighted by molar-refractivity contribution is 0.0980. The van der Waals surface area contributed by atoms with Gasteiger partial charge in [-0.15, -0.1) is 0 Å². The van der Waals surface area contributed by atoms with Crippen molar-refractivity contribution in [2.24, 2.45) is 0 Å². The van der Waals surface area contributed by atoms with Crippen LogP contribution in [0.1, 0.15) is 68.3 Å². The lowest BCUT2D eigenvalue weighted by atomic mass is 9.98. The average Bonchev–Trinajstić information content (AvgIpc) is 2.60. The number of hydrogen-bond donors (Lipinski definition) is 0. The van der Waals surface area contributed by atoms with Crippen LogP contribution in [0, 0.1) is 5.82 Å². The fourth-order valence-electron chi connectivity index (χ4n) is 2.84. The van der Waals surface area contributed by atoms with Crippen LogP contribution in [0.4, 0.5) is 4.39 Å². The van der Waals surface area contributed by atoms with Gasteiger partial charge in [-0.3, -0.25) is 4.79 Å². The normalized spacial score (nSPS) is 10.8. The van der Waals surface area contributed by atoms with Crippen LogP contribution in [-0.4, -0.2) is 5.78 Å². The van der Waals surface area contributed by atoms with E-state index in [1.165, 1.54) is 12.8 Å². The van der Waals surface area contributed by atoms with Crippen molar-refractivity contribution in [3.8, 4) is 11.1 Å². The maximum Gasteiger partial charge on any atom is 0.162 e. The summed E-state index contributed by atoms with van der Waals surface area (Å²) >= 11 is 0. The Morgan fingerprint density at radius 3 is 2.25 bits per heavy atom. The second-order valence-electron chi connectivity index (χ2n) is 6.38. The van der Waals surface area contributed by atoms with Crippen molar-refractivity contribution in [2.75, 3.05) is 0 Å². The van der Waals surface area contributed by atoms with Gasteiger partial charge in [0, 0.05) is 17.5 Å². The van der Waals surface area contributed by atoms with E-state index < -0.39 is 0 Å². The Kier molecular flexibility index (Phi) is 7.17. The third-order valence-electron chi connectivity index (χ3n) is 4.38. The summed E-state index contributed by atoms with van der Waals surface area (Å²) < 4.78 is 14.4. The summed E-state index contributed by atoms with van der Waals surface area (Å²) in [5, 5.41) is 0. The highest BCUT2D eigenvalue weighted by Crippen LogP contribution is 2.25. The molecular formula is C22H27FO. The van der Waals surface area contributed by atoms with Gasteiger partial charge in [-0.25, -0.2) is 4.39 Å². The largest absolute Gasteiger partial charge is 0.294 e. The van der Waals surface area contributed by atoms with Gasteiger partial charge in [-0.05, 0) is 36.5 Å². The first-order valence-electron chi connectivity index (χ1n) is 9.07. The topological polar surface area (TPSA) is 17.1 Å². The number of unbranched alkanes of at least 4 members (excludes halogenated alkanes) is 3. The molecule has 128 valence electrons. The summed E-state index contributed by atoms with van der Waals surface area (Å²) in [4.78, 5) is 12.0. The summed E-state index contributed by atoms with van der Waals surface area (Å²) in [6.45, 7) is 4.24. The van der Waals surface area contributed by atoms with Crippen LogP contribution in [-0.2, 0) is 6.42 Å². The van der Waals surface area contributed by atoms with E-state index >= 15 is 0 Å². The Morgan fingerprint density at radius 1 is 0.917 bits per heavy atom. The Bertz CT molecular complexity index is 658. The lowest BCUT2D eigenvalue weighted by Gasteiger charge is -2.08. The van der Waals surface area contributed by atoms with E-state index in [-0.39, 0.29) is 11.6 Å². The van der Waals surface area contributed by atoms with Crippen molar-refractivity contribution in [3.05, 3.63) is 59.4 Å². The molecule has 0 atom stereocenters. The molecule has 2 heteroatoms. The van der Waals surface area contributed by atoms with Crippen LogP contribution >= 0.6 is 0 Å². The maximum absolute atomic E-state index is 14.4. The summed E-state index contributed by atoms with van der Waals surface area (Å²) in [5.41, 5.74) is 3.18. The molecular weight excluding hydrogens is 299 g/mol. The van der Waals surface area contributed by atoms with Crippen molar-refractivity contribution < 1.29 is 9.18 Å². The Balaban J connectivity index is 2.09. The molecule has 0 unspecified atom stereocenters. The number of halogens is 1. The molecule has 1 nitrogen and oxygen atoms in total. The number of carbonyl (C=O) groups is 1. The molecule has 0 aliphatic carbocycles. The Hall–Kier alpha value is -1.96. The minimum absolute atomic E-state index is 0.162. The van der Waals surface area contributed by atoms with Gasteiger partial charge >= 0.3 is 0 Å². The molecule has 2 aromatic rings. The second-order valence-corrected chi connectivity index (χ2v) is 6.38. The van der Waals surface area contributed by atoms with E-state index in [0.29, 0.717) is 17.5 Å². The van der Waals surface area contributed by atoms with Crippen LogP contribution in [0.3, 0.4) is 0 Å². The molecule has 0 amide bonds. The highest BCUT2D eigenvalue weighted by Gasteiger charge is 2.09. The van der Waals surface area contributed by atoms with Gasteiger partial charge in [0.1, 0.15) is 5.82 Å². The van der Waals surface area contributed by atoms with Crippen molar-refractivity contribution >= 4 is 5.78 Å². The highest BCUT2D eigenvalue weighted by molar-refractivity contribution is 5.96. The highest BCUT2D eigenvalue weighted by atomic mass is 19.1. The van der Waals surface area contributed by atoms with Gasteiger partial charge in [-0.2, -0.15) is 0 Å². The summed E-state index contributed by atoms with van der Waals surface area (Å²) in [5.74, 6) is -0.0239. The van der Waals surface area contributed by atoms with Crippen LogP contribution in [0.25, 0.3) is 11.1 Å². The first-order chi connectivity index (χ1) is 11.7. The molecule has 0 bridgehead atoms. The smallest absolute Gasteiger partial charge is 0.162 e. The summed E-state index contributed by atoms with van der Waals surface area (Å²) in [6.07, 6.45) is 6.88. The van der Waals surface area contributed by atoms with Crippen LogP contribution in [0.15, 0.2) is 42.5 Å². The fourth-order valence-corrected chi connectivity index (χ4v) is 2.84. The number of Topliss-reactive ketones (excluding diaryl/α,β-unsaturated/α-hetero) is 1. The van der Waals surface area contributed by atoms with Gasteiger partial charge in [0.2, 0.25) is 0 Å². The SMILES string of the molecule is CCCCCc1ccc(-c2ccc(C(=O)CCCC)cc2)c(F)c1. The standard InChI is InChI=1S/C22H27FO/c1-3-5-7-8-17-10-15-20(21(23)16-17)18-11-13-19(14-12-18)22(24)9-6-4-2/h10-16H,3-9H2,1-2H3. The third kappa shape index (κ3) is 5.02. The van der Waals surface area contributed by atoms with Crippen LogP contribution in [0.2, 0.25) is 0 Å². The first kappa shape index (κ1) is 18.4. The van der Waals surface area contributed by atoms with Crippen LogP contribution in [0.5, 0.6) is 0 Å². The molecule has 0 aliphatic rings. The number of aryl methyl sites for hydroxylation is 1. The molecule has 0 saturated carbocycles. The summed E-state index contributed by atoms with van der Waals surface area (Å²) in [7, 11) is 0. The molecule has 0 spiro atoms. The van der Waals surface area contributed by atoms with Gasteiger partial charge < -0.3 is 0 Å². The molecule has 2 aromatic carbocycles. The Morgan fingerprint density at radius 2 is 1.62 bits per heavy atom. The molecule has 0 radical (unpaired) electrons. The quantitative estimate of drug-likeness (QED) is 0.375. The van der Waals surface area contributed by atoms with E-state index in [2.05, 4.69) is 13.8 Å². The predicted octanol–water partition coefficient (Wildman–Crippen LogP) is 6.60. The molecule has 0 aromatic heterocycles. The molecule has 0 aliphatic heterocycles. The number of benzene rings is 2. The molecule has 0 saturated heterocycles. The number of hydrogen-bond acceptors (Lipinski definition) is 1. The van der Waals surface area contributed by atoms with E-state index in [0.717, 1.165) is 36.8 Å². The monoisotopic (exact) mass is 326 g/mol. The number of rotatable bonds is 9. The molecule has 2 rings (SSSR count). The molecule has 0 heterocycles. The van der Waals surface area contributed by atoms with E-state index in [1.54, 1.807) is 6.07 Å². The van der Waals surface area contributed by atoms with Crippen molar-refractivity contribution in [1.82, 2.24) is 0 Å². The number of ketones is 1. The Labute approximate surface area is 144 Å². The predicted molar refractivity (Wildman–Crippen MR) is 98.9 cm³/mol. The molecule has 24 heavy (non-hydrogen) atoms. The van der Waals surface area contributed by atoms with E-state index in [1.807, 2.05) is 36.4 Å². The average molecular weight is 326 g/mol. The number of carbonyl (C=O) groups excluding carboxylic acids is 1. The summed E-state index contributed by atoms with van der Waals surface area (Å²) in [6, 6.07) is 12.8. The van der Waals surface area contributed by atoms with Crippen LogP contribution < -0.4 is 0 Å². The van der Waals surface area contributed by atoms with E-state index in [9.17, 15) is 9.18 Å². The van der Waals surface area contributed by atoms with Gasteiger partial charge in [0.15, 0.2) is 5.78 Å². The second kappa shape index (κ2) is 9.36. The van der Waals surface area contributed by atoms with Crippen molar-refractivity contribution in [2.45, 2.75) is 58.8 Å². The maximum atomic E-state index is 14.4. The molecule has 0 N–H and O–H groups in total. The van der Waals surface area contributed by atoms with Gasteiger partial charge in [-0.1, -0.05) is 69.5 Å².